The van der Waals surface area contributed by atoms with Crippen molar-refractivity contribution in [2.75, 3.05) is 26.3 Å². The predicted molar refractivity (Wildman–Crippen MR) is 127 cm³/mol. The van der Waals surface area contributed by atoms with Gasteiger partial charge in [-0.25, -0.2) is 22.8 Å². The van der Waals surface area contributed by atoms with Gasteiger partial charge in [0, 0.05) is 26.0 Å². The number of aliphatic carboxylic acids is 1. The molecule has 7 nitrogen and oxygen atoms in total. The summed E-state index contributed by atoms with van der Waals surface area (Å²) in [4.78, 5) is 25.2. The standard InChI is InChI=1S/C26H32F3NO6/c1-3-34-23(24(31)32)18-19-6-10-21(11-7-19)35-17-16-30(15-5-4-14-26(2,28)29)25(33)36-22-12-8-20(27)9-13-22/h6-13,23H,3-5,14-18H2,1-2H3,(H,31,32). The molecule has 1 unspecified atom stereocenters. The molecule has 2 rings (SSSR count). The van der Waals surface area contributed by atoms with Gasteiger partial charge in [0.1, 0.15) is 23.9 Å². The van der Waals surface area contributed by atoms with Gasteiger partial charge in [-0.2, -0.15) is 0 Å². The van der Waals surface area contributed by atoms with E-state index in [1.54, 1.807) is 31.2 Å². The fourth-order valence-corrected chi connectivity index (χ4v) is 3.33. The highest BCUT2D eigenvalue weighted by Crippen LogP contribution is 2.20. The number of amides is 1. The molecule has 0 fully saturated rings. The Morgan fingerprint density at radius 2 is 1.64 bits per heavy atom. The number of carboxylic acid groups (broad SMARTS) is 1. The highest BCUT2D eigenvalue weighted by Gasteiger charge is 2.21. The number of carboxylic acids is 1. The maximum Gasteiger partial charge on any atom is 0.415 e. The number of alkyl halides is 2. The third-order valence-corrected chi connectivity index (χ3v) is 5.19. The molecule has 36 heavy (non-hydrogen) atoms. The topological polar surface area (TPSA) is 85.3 Å². The first kappa shape index (κ1) is 29.0. The molecule has 0 heterocycles. The lowest BCUT2D eigenvalue weighted by Crippen LogP contribution is -2.37. The molecule has 0 radical (unpaired) electrons. The van der Waals surface area contributed by atoms with E-state index in [1.165, 1.54) is 17.0 Å². The van der Waals surface area contributed by atoms with Gasteiger partial charge >= 0.3 is 12.1 Å². The Hall–Kier alpha value is -3.27. The molecule has 0 saturated carbocycles. The average Bonchev–Trinajstić information content (AvgIpc) is 2.82. The molecular weight excluding hydrogens is 479 g/mol. The van der Waals surface area contributed by atoms with Crippen molar-refractivity contribution < 1.29 is 42.1 Å². The van der Waals surface area contributed by atoms with Gasteiger partial charge < -0.3 is 24.2 Å². The average molecular weight is 512 g/mol. The number of benzene rings is 2. The van der Waals surface area contributed by atoms with Crippen molar-refractivity contribution in [2.24, 2.45) is 0 Å². The fourth-order valence-electron chi connectivity index (χ4n) is 3.33. The lowest BCUT2D eigenvalue weighted by Gasteiger charge is -2.22. The van der Waals surface area contributed by atoms with E-state index in [0.717, 1.165) is 24.6 Å². The molecule has 0 spiro atoms. The van der Waals surface area contributed by atoms with Crippen molar-refractivity contribution in [3.63, 3.8) is 0 Å². The summed E-state index contributed by atoms with van der Waals surface area (Å²) in [7, 11) is 0. The molecule has 2 aromatic rings. The van der Waals surface area contributed by atoms with Crippen LogP contribution in [0.2, 0.25) is 0 Å². The summed E-state index contributed by atoms with van der Waals surface area (Å²) in [6.07, 6.45) is -1.13. The van der Waals surface area contributed by atoms with Crippen LogP contribution in [0.4, 0.5) is 18.0 Å². The van der Waals surface area contributed by atoms with Crippen molar-refractivity contribution in [1.29, 1.82) is 0 Å². The Kier molecular flexibility index (Phi) is 11.5. The Morgan fingerprint density at radius 1 is 1.00 bits per heavy atom. The molecule has 198 valence electrons. The quantitative estimate of drug-likeness (QED) is 0.315. The minimum Gasteiger partial charge on any atom is -0.492 e. The van der Waals surface area contributed by atoms with Crippen LogP contribution in [0, 0.1) is 5.82 Å². The van der Waals surface area contributed by atoms with E-state index in [0.29, 0.717) is 18.8 Å². The van der Waals surface area contributed by atoms with Crippen LogP contribution in [0.25, 0.3) is 0 Å². The van der Waals surface area contributed by atoms with Crippen LogP contribution in [-0.4, -0.2) is 60.4 Å². The van der Waals surface area contributed by atoms with Gasteiger partial charge in [-0.15, -0.1) is 0 Å². The lowest BCUT2D eigenvalue weighted by atomic mass is 10.1. The normalized spacial score (nSPS) is 12.1. The van der Waals surface area contributed by atoms with Crippen LogP contribution in [0.5, 0.6) is 11.5 Å². The van der Waals surface area contributed by atoms with Crippen molar-refractivity contribution >= 4 is 12.1 Å². The van der Waals surface area contributed by atoms with E-state index in [4.69, 9.17) is 14.2 Å². The lowest BCUT2D eigenvalue weighted by molar-refractivity contribution is -0.149. The molecular formula is C26H32F3NO6. The molecule has 2 aromatic carbocycles. The Labute approximate surface area is 208 Å². The van der Waals surface area contributed by atoms with E-state index in [9.17, 15) is 27.9 Å². The zero-order valence-corrected chi connectivity index (χ0v) is 20.4. The zero-order chi connectivity index (χ0) is 26.6. The second kappa shape index (κ2) is 14.3. The highest BCUT2D eigenvalue weighted by molar-refractivity contribution is 5.72. The first-order valence-corrected chi connectivity index (χ1v) is 11.7. The number of hydrogen-bond acceptors (Lipinski definition) is 5. The third kappa shape index (κ3) is 11.0. The van der Waals surface area contributed by atoms with Gasteiger partial charge in [-0.05, 0) is 68.7 Å². The monoisotopic (exact) mass is 511 g/mol. The van der Waals surface area contributed by atoms with E-state index < -0.39 is 29.9 Å². The summed E-state index contributed by atoms with van der Waals surface area (Å²) >= 11 is 0. The van der Waals surface area contributed by atoms with E-state index in [-0.39, 0.29) is 44.7 Å². The molecule has 0 bridgehead atoms. The number of hydrogen-bond donors (Lipinski definition) is 1. The molecule has 0 aliphatic carbocycles. The summed E-state index contributed by atoms with van der Waals surface area (Å²) in [5, 5.41) is 9.21. The summed E-state index contributed by atoms with van der Waals surface area (Å²) in [6.45, 7) is 3.30. The van der Waals surface area contributed by atoms with Gasteiger partial charge in [-0.1, -0.05) is 12.1 Å². The molecule has 1 atom stereocenters. The number of unbranched alkanes of at least 4 members (excludes halogenated alkanes) is 1. The second-order valence-electron chi connectivity index (χ2n) is 8.32. The van der Waals surface area contributed by atoms with Crippen LogP contribution in [0.1, 0.15) is 38.7 Å². The van der Waals surface area contributed by atoms with Gasteiger partial charge in [0.15, 0.2) is 6.10 Å². The van der Waals surface area contributed by atoms with Crippen molar-refractivity contribution in [3.05, 3.63) is 59.9 Å². The van der Waals surface area contributed by atoms with Crippen molar-refractivity contribution in [3.8, 4) is 11.5 Å². The zero-order valence-electron chi connectivity index (χ0n) is 20.4. The highest BCUT2D eigenvalue weighted by atomic mass is 19.3. The Morgan fingerprint density at radius 3 is 2.22 bits per heavy atom. The van der Waals surface area contributed by atoms with Gasteiger partial charge in [0.2, 0.25) is 5.92 Å². The van der Waals surface area contributed by atoms with E-state index in [2.05, 4.69) is 0 Å². The van der Waals surface area contributed by atoms with Gasteiger partial charge in [-0.3, -0.25) is 0 Å². The number of halogens is 3. The van der Waals surface area contributed by atoms with Crippen LogP contribution >= 0.6 is 0 Å². The summed E-state index contributed by atoms with van der Waals surface area (Å²) in [6, 6.07) is 11.8. The van der Waals surface area contributed by atoms with Crippen molar-refractivity contribution in [2.45, 2.75) is 51.6 Å². The molecule has 0 saturated heterocycles. The van der Waals surface area contributed by atoms with Gasteiger partial charge in [0.25, 0.3) is 0 Å². The van der Waals surface area contributed by atoms with E-state index in [1.807, 2.05) is 0 Å². The maximum atomic E-state index is 13.1. The predicted octanol–water partition coefficient (Wildman–Crippen LogP) is 5.56. The van der Waals surface area contributed by atoms with Crippen LogP contribution in [0.15, 0.2) is 48.5 Å². The summed E-state index contributed by atoms with van der Waals surface area (Å²) < 4.78 is 55.5. The Bertz CT molecular complexity index is 948. The molecule has 1 amide bonds. The number of carbonyl (C=O) groups is 2. The minimum absolute atomic E-state index is 0.110. The third-order valence-electron chi connectivity index (χ3n) is 5.19. The maximum absolute atomic E-state index is 13.1. The van der Waals surface area contributed by atoms with E-state index >= 15 is 0 Å². The van der Waals surface area contributed by atoms with Gasteiger partial charge in [0.05, 0.1) is 6.54 Å². The number of carbonyl (C=O) groups excluding carboxylic acids is 1. The Balaban J connectivity index is 1.92. The van der Waals surface area contributed by atoms with Crippen molar-refractivity contribution in [1.82, 2.24) is 4.90 Å². The molecule has 1 N–H and O–H groups in total. The first-order chi connectivity index (χ1) is 17.1. The number of ether oxygens (including phenoxy) is 3. The minimum atomic E-state index is -2.78. The summed E-state index contributed by atoms with van der Waals surface area (Å²) in [5.41, 5.74) is 0.764. The first-order valence-electron chi connectivity index (χ1n) is 11.7. The smallest absolute Gasteiger partial charge is 0.415 e. The molecule has 0 aliphatic rings. The second-order valence-corrected chi connectivity index (χ2v) is 8.32. The van der Waals surface area contributed by atoms with Crippen LogP contribution < -0.4 is 9.47 Å². The number of nitrogens with zero attached hydrogens (tertiary/aromatic N) is 1. The molecule has 0 aliphatic heterocycles. The number of rotatable bonds is 15. The van der Waals surface area contributed by atoms with Crippen LogP contribution in [-0.2, 0) is 16.0 Å². The molecule has 10 heteroatoms. The van der Waals surface area contributed by atoms with Crippen LogP contribution in [0.3, 0.4) is 0 Å². The summed E-state index contributed by atoms with van der Waals surface area (Å²) in [5.74, 6) is -3.60. The SMILES string of the molecule is CCOC(Cc1ccc(OCCN(CCCCC(C)(F)F)C(=O)Oc2ccc(F)cc2)cc1)C(=O)O. The fraction of sp³-hybridized carbons (Fsp3) is 0.462. The molecule has 0 aromatic heterocycles. The largest absolute Gasteiger partial charge is 0.492 e.